The van der Waals surface area contributed by atoms with Gasteiger partial charge in [-0.2, -0.15) is 0 Å². The molecule has 10 aliphatic rings. The van der Waals surface area contributed by atoms with Crippen LogP contribution in [-0.4, -0.2) is 4.57 Å². The Bertz CT molecular complexity index is 3340. The van der Waals surface area contributed by atoms with Gasteiger partial charge in [0.15, 0.2) is 0 Å². The molecule has 8 aliphatic carbocycles. The van der Waals surface area contributed by atoms with E-state index in [1.54, 1.807) is 11.1 Å². The van der Waals surface area contributed by atoms with E-state index in [1.807, 2.05) is 11.8 Å². The van der Waals surface area contributed by atoms with Crippen molar-refractivity contribution >= 4 is 50.6 Å². The quantitative estimate of drug-likeness (QED) is 0.170. The first-order chi connectivity index (χ1) is 32.1. The van der Waals surface area contributed by atoms with Crippen LogP contribution in [0.25, 0.3) is 27.5 Å². The molecule has 18 rings (SSSR count). The molecule has 7 aromatic carbocycles. The van der Waals surface area contributed by atoms with Gasteiger partial charge >= 0.3 is 0 Å². The van der Waals surface area contributed by atoms with Gasteiger partial charge in [-0.05, 0) is 205 Å². The van der Waals surface area contributed by atoms with Crippen molar-refractivity contribution in [1.82, 2.24) is 4.57 Å². The number of fused-ring (bicyclic) bond motifs is 12. The third-order valence-corrected chi connectivity index (χ3v) is 21.7. The van der Waals surface area contributed by atoms with Gasteiger partial charge in [-0.1, -0.05) is 109 Å². The first kappa shape index (κ1) is 35.7. The van der Waals surface area contributed by atoms with Crippen LogP contribution < -0.4 is 4.90 Å². The largest absolute Gasteiger partial charge is 0.310 e. The lowest BCUT2D eigenvalue weighted by Crippen LogP contribution is -2.68. The Morgan fingerprint density at radius 3 is 1.85 bits per heavy atom. The predicted molar refractivity (Wildman–Crippen MR) is 264 cm³/mol. The van der Waals surface area contributed by atoms with Gasteiger partial charge < -0.3 is 9.47 Å². The highest BCUT2D eigenvalue weighted by Crippen LogP contribution is 2.86. The SMILES string of the molecule is c1ccc2c(c1)Sc1ccccc1C21c2cc(N(c3ccc(C45CC6CC(CC4C6)C5)cc3)c3ccc(C45CC6CC7CC(C4)C75C6)cc3)ccc2-n2c3ccccc3c3cccc1c32. The summed E-state index contributed by atoms with van der Waals surface area (Å²) in [5.74, 6) is 5.68. The molecule has 6 bridgehead atoms. The second-order valence-electron chi connectivity index (χ2n) is 22.7. The summed E-state index contributed by atoms with van der Waals surface area (Å²) in [6, 6.07) is 62.6. The maximum atomic E-state index is 2.61. The molecule has 7 atom stereocenters. The molecule has 8 fully saturated rings. The van der Waals surface area contributed by atoms with Crippen molar-refractivity contribution in [2.45, 2.75) is 90.2 Å². The van der Waals surface area contributed by atoms with E-state index in [0.29, 0.717) is 16.2 Å². The normalized spacial score (nSPS) is 32.6. The standard InChI is InChI=1S/C62H52N2S/c1-4-13-54-48(8-1)49-9-7-12-52-58(49)64(54)55-25-24-47(31-53(55)62(52)50-10-2-5-14-56(50)65-57-15-6-3-11-51(57)62)63(45-20-16-40(17-21-45)59-32-37-26-38(33-59)28-42(59)27-37)46-22-18-41(19-23-46)60-34-39-29-43-30-44(36-60)61(43,60)35-39/h1-25,31,37-39,42-44H,26-30,32-36H2. The van der Waals surface area contributed by atoms with Crippen molar-refractivity contribution in [1.29, 1.82) is 0 Å². The van der Waals surface area contributed by atoms with Gasteiger partial charge in [0.1, 0.15) is 0 Å². The Morgan fingerprint density at radius 2 is 1.11 bits per heavy atom. The summed E-state index contributed by atoms with van der Waals surface area (Å²) in [6.45, 7) is 0. The smallest absolute Gasteiger partial charge is 0.0765 e. The molecular formula is C62H52N2S. The molecule has 3 heteroatoms. The van der Waals surface area contributed by atoms with Crippen molar-refractivity contribution in [3.05, 3.63) is 191 Å². The second-order valence-corrected chi connectivity index (χ2v) is 23.8. The number of para-hydroxylation sites is 2. The first-order valence-corrected chi connectivity index (χ1v) is 25.9. The molecule has 8 saturated carbocycles. The van der Waals surface area contributed by atoms with Gasteiger partial charge in [0.25, 0.3) is 0 Å². The summed E-state index contributed by atoms with van der Waals surface area (Å²) >= 11 is 1.93. The molecule has 8 aromatic rings. The number of hydrogen-bond acceptors (Lipinski definition) is 2. The highest BCUT2D eigenvalue weighted by molar-refractivity contribution is 7.99. The fourth-order valence-electron chi connectivity index (χ4n) is 18.7. The monoisotopic (exact) mass is 856 g/mol. The zero-order valence-electron chi connectivity index (χ0n) is 36.8. The van der Waals surface area contributed by atoms with Gasteiger partial charge in [-0.3, -0.25) is 0 Å². The summed E-state index contributed by atoms with van der Waals surface area (Å²) < 4.78 is 2.60. The van der Waals surface area contributed by atoms with Crippen LogP contribution in [0.4, 0.5) is 17.1 Å². The van der Waals surface area contributed by atoms with E-state index in [2.05, 4.69) is 167 Å². The predicted octanol–water partition coefficient (Wildman–Crippen LogP) is 15.6. The third-order valence-electron chi connectivity index (χ3n) is 20.5. The fraction of sp³-hybridized carbons (Fsp3) is 0.323. The Balaban J connectivity index is 0.899. The van der Waals surface area contributed by atoms with Crippen LogP contribution >= 0.6 is 11.8 Å². The Labute approximate surface area is 386 Å². The van der Waals surface area contributed by atoms with Crippen molar-refractivity contribution in [3.63, 3.8) is 0 Å². The van der Waals surface area contributed by atoms with Crippen LogP contribution in [-0.2, 0) is 16.2 Å². The molecule has 0 amide bonds. The van der Waals surface area contributed by atoms with E-state index < -0.39 is 5.41 Å². The highest BCUT2D eigenvalue weighted by Gasteiger charge is 2.80. The molecule has 65 heavy (non-hydrogen) atoms. The lowest BCUT2D eigenvalue weighted by atomic mass is 9.31. The van der Waals surface area contributed by atoms with E-state index in [1.165, 1.54) is 141 Å². The number of nitrogens with zero attached hydrogens (tertiary/aromatic N) is 2. The summed E-state index contributed by atoms with van der Waals surface area (Å²) in [5.41, 5.74) is 17.2. The fourth-order valence-corrected chi connectivity index (χ4v) is 19.9. The van der Waals surface area contributed by atoms with Crippen LogP contribution in [0.3, 0.4) is 0 Å². The average Bonchev–Trinajstić information content (AvgIpc) is 4.09. The lowest BCUT2D eigenvalue weighted by Gasteiger charge is -2.73. The van der Waals surface area contributed by atoms with Gasteiger partial charge in [-0.25, -0.2) is 0 Å². The van der Waals surface area contributed by atoms with Gasteiger partial charge in [-0.15, -0.1) is 0 Å². The summed E-state index contributed by atoms with van der Waals surface area (Å²) in [6.07, 6.45) is 14.6. The zero-order chi connectivity index (χ0) is 42.0. The molecule has 2 spiro atoms. The van der Waals surface area contributed by atoms with E-state index in [4.69, 9.17) is 0 Å². The Hall–Kier alpha value is -5.51. The highest BCUT2D eigenvalue weighted by atomic mass is 32.2. The molecule has 7 unspecified atom stereocenters. The van der Waals surface area contributed by atoms with E-state index in [-0.39, 0.29) is 0 Å². The van der Waals surface area contributed by atoms with Gasteiger partial charge in [0.05, 0.1) is 22.1 Å². The van der Waals surface area contributed by atoms with E-state index >= 15 is 0 Å². The second kappa shape index (κ2) is 11.9. The number of benzene rings is 7. The summed E-state index contributed by atoms with van der Waals surface area (Å²) in [5, 5.41) is 2.64. The van der Waals surface area contributed by atoms with Crippen LogP contribution in [0.2, 0.25) is 0 Å². The minimum Gasteiger partial charge on any atom is -0.310 e. The van der Waals surface area contributed by atoms with Crippen LogP contribution in [0.1, 0.15) is 97.6 Å². The summed E-state index contributed by atoms with van der Waals surface area (Å²) in [7, 11) is 0. The van der Waals surface area contributed by atoms with Crippen molar-refractivity contribution in [2.75, 3.05) is 4.90 Å². The molecule has 3 heterocycles. The number of anilines is 3. The Kier molecular flexibility index (Phi) is 6.53. The molecule has 0 saturated heterocycles. The molecule has 2 aliphatic heterocycles. The maximum absolute atomic E-state index is 2.61. The third kappa shape index (κ3) is 4.06. The van der Waals surface area contributed by atoms with Gasteiger partial charge in [0, 0.05) is 43.0 Å². The molecule has 0 N–H and O–H groups in total. The van der Waals surface area contributed by atoms with Crippen LogP contribution in [0.15, 0.2) is 168 Å². The number of hydrogen-bond donors (Lipinski definition) is 0. The number of rotatable bonds is 5. The van der Waals surface area contributed by atoms with Crippen molar-refractivity contribution < 1.29 is 0 Å². The molecule has 0 radical (unpaired) electrons. The van der Waals surface area contributed by atoms with Crippen molar-refractivity contribution in [2.24, 2.45) is 40.9 Å². The van der Waals surface area contributed by atoms with Crippen LogP contribution in [0, 0.1) is 40.9 Å². The van der Waals surface area contributed by atoms with Gasteiger partial charge in [0.2, 0.25) is 0 Å². The zero-order valence-corrected chi connectivity index (χ0v) is 37.7. The first-order valence-electron chi connectivity index (χ1n) is 25.1. The topological polar surface area (TPSA) is 8.17 Å². The average molecular weight is 857 g/mol. The molecule has 1 aromatic heterocycles. The maximum Gasteiger partial charge on any atom is 0.0765 e. The Morgan fingerprint density at radius 1 is 0.462 bits per heavy atom. The lowest BCUT2D eigenvalue weighted by molar-refractivity contribution is -0.198. The van der Waals surface area contributed by atoms with Crippen molar-refractivity contribution in [3.8, 4) is 5.69 Å². The molecule has 2 nitrogen and oxygen atoms in total. The van der Waals surface area contributed by atoms with E-state index in [0.717, 1.165) is 35.5 Å². The summed E-state index contributed by atoms with van der Waals surface area (Å²) in [4.78, 5) is 5.30. The number of aromatic nitrogens is 1. The molecular weight excluding hydrogens is 805 g/mol. The van der Waals surface area contributed by atoms with Crippen LogP contribution in [0.5, 0.6) is 0 Å². The molecule has 316 valence electrons. The van der Waals surface area contributed by atoms with E-state index in [9.17, 15) is 0 Å². The minimum absolute atomic E-state index is 0.397. The minimum atomic E-state index is -0.520.